The van der Waals surface area contributed by atoms with Crippen LogP contribution in [0.1, 0.15) is 12.8 Å². The van der Waals surface area contributed by atoms with E-state index in [1.165, 1.54) is 0 Å². The Morgan fingerprint density at radius 3 is 2.27 bits per heavy atom. The number of aliphatic hydroxyl groups is 2. The average Bonchev–Trinajstić information content (AvgIpc) is 2.57. The molecule has 2 heterocycles. The van der Waals surface area contributed by atoms with Crippen molar-refractivity contribution in [1.82, 2.24) is 4.90 Å². The molecule has 2 atom stereocenters. The normalized spacial score (nSPS) is 34.8. The van der Waals surface area contributed by atoms with Gasteiger partial charge in [0.1, 0.15) is 0 Å². The molecule has 15 heavy (non-hydrogen) atoms. The fourth-order valence-corrected chi connectivity index (χ4v) is 2.02. The zero-order valence-electron chi connectivity index (χ0n) is 8.84. The minimum absolute atomic E-state index is 0.103. The lowest BCUT2D eigenvalue weighted by Crippen LogP contribution is -2.31. The molecule has 0 aromatic carbocycles. The summed E-state index contributed by atoms with van der Waals surface area (Å²) in [5.74, 6) is 0. The zero-order valence-corrected chi connectivity index (χ0v) is 8.84. The number of rotatable bonds is 3. The molecule has 2 aliphatic heterocycles. The minimum Gasteiger partial charge on any atom is -0.389 e. The number of aliphatic hydroxyl groups excluding tert-OH is 2. The van der Waals surface area contributed by atoms with Crippen molar-refractivity contribution in [3.63, 3.8) is 0 Å². The fraction of sp³-hybridized carbons (Fsp3) is 1.00. The van der Waals surface area contributed by atoms with E-state index in [4.69, 9.17) is 9.47 Å². The van der Waals surface area contributed by atoms with Crippen molar-refractivity contribution in [2.45, 2.75) is 31.3 Å². The van der Waals surface area contributed by atoms with Gasteiger partial charge >= 0.3 is 0 Å². The van der Waals surface area contributed by atoms with Gasteiger partial charge in [-0.1, -0.05) is 0 Å². The third-order valence-electron chi connectivity index (χ3n) is 2.91. The van der Waals surface area contributed by atoms with Gasteiger partial charge in [-0.05, 0) is 6.42 Å². The monoisotopic (exact) mass is 217 g/mol. The molecule has 2 rings (SSSR count). The SMILES string of the molecule is OC1CN(CCC2OCCCO2)CC1O. The highest BCUT2D eigenvalue weighted by molar-refractivity contribution is 4.83. The van der Waals surface area contributed by atoms with Crippen LogP contribution < -0.4 is 0 Å². The number of likely N-dealkylation sites (tertiary alicyclic amines) is 1. The molecule has 0 aromatic rings. The van der Waals surface area contributed by atoms with Crippen LogP contribution in [0, 0.1) is 0 Å². The van der Waals surface area contributed by atoms with Gasteiger partial charge < -0.3 is 19.7 Å². The lowest BCUT2D eigenvalue weighted by molar-refractivity contribution is -0.182. The van der Waals surface area contributed by atoms with Gasteiger partial charge in [0.2, 0.25) is 0 Å². The molecule has 2 N–H and O–H groups in total. The van der Waals surface area contributed by atoms with Gasteiger partial charge in [0, 0.05) is 26.1 Å². The van der Waals surface area contributed by atoms with Crippen molar-refractivity contribution in [3.05, 3.63) is 0 Å². The van der Waals surface area contributed by atoms with Crippen LogP contribution in [0.25, 0.3) is 0 Å². The molecule has 5 nitrogen and oxygen atoms in total. The van der Waals surface area contributed by atoms with Gasteiger partial charge in [0.05, 0.1) is 25.4 Å². The van der Waals surface area contributed by atoms with Crippen molar-refractivity contribution in [2.75, 3.05) is 32.8 Å². The Morgan fingerprint density at radius 2 is 1.67 bits per heavy atom. The van der Waals surface area contributed by atoms with Crippen LogP contribution in [0.5, 0.6) is 0 Å². The maximum Gasteiger partial charge on any atom is 0.158 e. The van der Waals surface area contributed by atoms with Crippen LogP contribution in [0.15, 0.2) is 0 Å². The quantitative estimate of drug-likeness (QED) is 0.646. The first-order chi connectivity index (χ1) is 7.25. The standard InChI is InChI=1S/C10H19NO4/c12-8-6-11(7-9(8)13)3-2-10-14-4-1-5-15-10/h8-10,12-13H,1-7H2. The van der Waals surface area contributed by atoms with E-state index in [0.29, 0.717) is 13.1 Å². The highest BCUT2D eigenvalue weighted by Gasteiger charge is 2.29. The summed E-state index contributed by atoms with van der Waals surface area (Å²) in [6, 6.07) is 0. The van der Waals surface area contributed by atoms with Crippen LogP contribution in [-0.2, 0) is 9.47 Å². The summed E-state index contributed by atoms with van der Waals surface area (Å²) in [5.41, 5.74) is 0. The molecule has 0 aromatic heterocycles. The topological polar surface area (TPSA) is 62.2 Å². The molecular weight excluding hydrogens is 198 g/mol. The van der Waals surface area contributed by atoms with E-state index in [1.807, 2.05) is 4.90 Å². The summed E-state index contributed by atoms with van der Waals surface area (Å²) in [4.78, 5) is 2.04. The first-order valence-corrected chi connectivity index (χ1v) is 5.57. The van der Waals surface area contributed by atoms with Crippen molar-refractivity contribution >= 4 is 0 Å². The summed E-state index contributed by atoms with van der Waals surface area (Å²) >= 11 is 0. The highest BCUT2D eigenvalue weighted by Crippen LogP contribution is 2.13. The Morgan fingerprint density at radius 1 is 1.07 bits per heavy atom. The Labute approximate surface area is 89.6 Å². The fourth-order valence-electron chi connectivity index (χ4n) is 2.02. The maximum absolute atomic E-state index is 9.35. The predicted molar refractivity (Wildman–Crippen MR) is 53.4 cm³/mol. The van der Waals surface area contributed by atoms with E-state index in [9.17, 15) is 10.2 Å². The molecule has 0 aliphatic carbocycles. The van der Waals surface area contributed by atoms with Gasteiger partial charge in [-0.2, -0.15) is 0 Å². The molecule has 2 aliphatic rings. The number of ether oxygens (including phenoxy) is 2. The maximum atomic E-state index is 9.35. The summed E-state index contributed by atoms with van der Waals surface area (Å²) < 4.78 is 10.8. The second-order valence-electron chi connectivity index (χ2n) is 4.21. The molecule has 88 valence electrons. The molecule has 0 radical (unpaired) electrons. The van der Waals surface area contributed by atoms with E-state index >= 15 is 0 Å². The summed E-state index contributed by atoms with van der Waals surface area (Å²) in [7, 11) is 0. The molecule has 0 amide bonds. The molecular formula is C10H19NO4. The van der Waals surface area contributed by atoms with Crippen molar-refractivity contribution < 1.29 is 19.7 Å². The summed E-state index contributed by atoms with van der Waals surface area (Å²) in [6.07, 6.45) is 0.474. The predicted octanol–water partition coefficient (Wildman–Crippen LogP) is -0.823. The lowest BCUT2D eigenvalue weighted by atomic mass is 10.3. The van der Waals surface area contributed by atoms with E-state index in [1.54, 1.807) is 0 Å². The van der Waals surface area contributed by atoms with Crippen molar-refractivity contribution in [3.8, 4) is 0 Å². The van der Waals surface area contributed by atoms with Gasteiger partial charge in [0.15, 0.2) is 6.29 Å². The first kappa shape index (κ1) is 11.3. The Bertz CT molecular complexity index is 186. The average molecular weight is 217 g/mol. The van der Waals surface area contributed by atoms with Crippen LogP contribution in [-0.4, -0.2) is 66.5 Å². The third-order valence-corrected chi connectivity index (χ3v) is 2.91. The van der Waals surface area contributed by atoms with Crippen LogP contribution >= 0.6 is 0 Å². The van der Waals surface area contributed by atoms with E-state index in [-0.39, 0.29) is 6.29 Å². The van der Waals surface area contributed by atoms with Crippen LogP contribution in [0.2, 0.25) is 0 Å². The largest absolute Gasteiger partial charge is 0.389 e. The smallest absolute Gasteiger partial charge is 0.158 e. The second kappa shape index (κ2) is 5.23. The molecule has 0 spiro atoms. The van der Waals surface area contributed by atoms with E-state index in [2.05, 4.69) is 0 Å². The Hall–Kier alpha value is -0.200. The van der Waals surface area contributed by atoms with Crippen molar-refractivity contribution in [1.29, 1.82) is 0 Å². The second-order valence-corrected chi connectivity index (χ2v) is 4.21. The third kappa shape index (κ3) is 3.12. The van der Waals surface area contributed by atoms with E-state index in [0.717, 1.165) is 32.6 Å². The van der Waals surface area contributed by atoms with Gasteiger partial charge in [-0.3, -0.25) is 4.90 Å². The van der Waals surface area contributed by atoms with Crippen LogP contribution in [0.3, 0.4) is 0 Å². The first-order valence-electron chi connectivity index (χ1n) is 5.57. The van der Waals surface area contributed by atoms with Gasteiger partial charge in [-0.15, -0.1) is 0 Å². The van der Waals surface area contributed by atoms with Gasteiger partial charge in [-0.25, -0.2) is 0 Å². The highest BCUT2D eigenvalue weighted by atomic mass is 16.7. The number of β-amino-alcohol motifs (C(OH)–C–C–N with tert-alkyl or cyclic N) is 2. The van der Waals surface area contributed by atoms with Crippen molar-refractivity contribution in [2.24, 2.45) is 0 Å². The number of nitrogens with zero attached hydrogens (tertiary/aromatic N) is 1. The Kier molecular flexibility index (Phi) is 3.93. The van der Waals surface area contributed by atoms with E-state index < -0.39 is 12.2 Å². The van der Waals surface area contributed by atoms with Gasteiger partial charge in [0.25, 0.3) is 0 Å². The summed E-state index contributed by atoms with van der Waals surface area (Å²) in [5, 5.41) is 18.7. The minimum atomic E-state index is -0.599. The molecule has 5 heteroatoms. The zero-order chi connectivity index (χ0) is 10.7. The van der Waals surface area contributed by atoms with Crippen LogP contribution in [0.4, 0.5) is 0 Å². The molecule has 2 saturated heterocycles. The molecule has 0 saturated carbocycles. The Balaban J connectivity index is 1.65. The number of hydrogen-bond donors (Lipinski definition) is 2. The lowest BCUT2D eigenvalue weighted by Gasteiger charge is -2.25. The number of hydrogen-bond acceptors (Lipinski definition) is 5. The molecule has 2 unspecified atom stereocenters. The molecule has 0 bridgehead atoms. The molecule has 2 fully saturated rings. The summed E-state index contributed by atoms with van der Waals surface area (Å²) in [6.45, 7) is 3.45.